The lowest BCUT2D eigenvalue weighted by molar-refractivity contribution is -0.134. The van der Waals surface area contributed by atoms with Gasteiger partial charge in [-0.3, -0.25) is 9.69 Å². The van der Waals surface area contributed by atoms with Crippen molar-refractivity contribution in [3.05, 3.63) is 70.7 Å². The molecule has 1 aliphatic rings. The monoisotopic (exact) mass is 491 g/mol. The number of piperazine rings is 1. The number of sulfonamides is 1. The summed E-state index contributed by atoms with van der Waals surface area (Å²) in [4.78, 5) is 16.9. The van der Waals surface area contributed by atoms with Gasteiger partial charge in [0.2, 0.25) is 15.9 Å². The molecule has 2 aromatic carbocycles. The van der Waals surface area contributed by atoms with Gasteiger partial charge in [-0.2, -0.15) is 4.72 Å². The fourth-order valence-electron chi connectivity index (χ4n) is 3.29. The Balaban J connectivity index is 1.48. The number of nitrogens with one attached hydrogen (secondary N) is 1. The van der Waals surface area contributed by atoms with Gasteiger partial charge >= 0.3 is 0 Å². The first-order valence-electron chi connectivity index (χ1n) is 9.86. The van der Waals surface area contributed by atoms with Crippen LogP contribution in [0, 0.1) is 0 Å². The first kappa shape index (κ1) is 22.7. The lowest BCUT2D eigenvalue weighted by Crippen LogP contribution is -2.54. The van der Waals surface area contributed by atoms with Crippen LogP contribution in [-0.2, 0) is 14.8 Å². The Labute approximate surface area is 186 Å². The van der Waals surface area contributed by atoms with Gasteiger partial charge in [0.1, 0.15) is 0 Å². The highest BCUT2D eigenvalue weighted by Gasteiger charge is 2.28. The quantitative estimate of drug-likeness (QED) is 0.646. The average molecular weight is 492 g/mol. The zero-order valence-corrected chi connectivity index (χ0v) is 19.3. The van der Waals surface area contributed by atoms with Crippen LogP contribution in [0.2, 0.25) is 0 Å². The zero-order chi connectivity index (χ0) is 21.6. The molecule has 1 atom stereocenters. The van der Waals surface area contributed by atoms with Crippen LogP contribution in [0.25, 0.3) is 6.08 Å². The van der Waals surface area contributed by atoms with Crippen molar-refractivity contribution in [2.75, 3.05) is 32.7 Å². The van der Waals surface area contributed by atoms with Gasteiger partial charge in [0, 0.05) is 37.2 Å². The lowest BCUT2D eigenvalue weighted by atomic mass is 10.2. The molecule has 0 bridgehead atoms. The van der Waals surface area contributed by atoms with Gasteiger partial charge in [-0.15, -0.1) is 0 Å². The molecule has 1 amide bonds. The van der Waals surface area contributed by atoms with Crippen LogP contribution < -0.4 is 4.72 Å². The van der Waals surface area contributed by atoms with Gasteiger partial charge in [-0.1, -0.05) is 58.4 Å². The van der Waals surface area contributed by atoms with Crippen molar-refractivity contribution in [3.8, 4) is 0 Å². The number of nitrogens with zero attached hydrogens (tertiary/aromatic N) is 2. The molecule has 1 fully saturated rings. The summed E-state index contributed by atoms with van der Waals surface area (Å²) < 4.78 is 28.3. The number of halogens is 1. The molecule has 1 N–H and O–H groups in total. The summed E-state index contributed by atoms with van der Waals surface area (Å²) in [6, 6.07) is 15.6. The van der Waals surface area contributed by atoms with Crippen LogP contribution in [-0.4, -0.2) is 62.9 Å². The van der Waals surface area contributed by atoms with E-state index in [-0.39, 0.29) is 10.8 Å². The third-order valence-electron chi connectivity index (χ3n) is 4.98. The van der Waals surface area contributed by atoms with Gasteiger partial charge in [-0.05, 0) is 36.8 Å². The second-order valence-corrected chi connectivity index (χ2v) is 9.87. The molecule has 2 aromatic rings. The largest absolute Gasteiger partial charge is 0.339 e. The van der Waals surface area contributed by atoms with E-state index in [9.17, 15) is 13.2 Å². The van der Waals surface area contributed by atoms with Crippen LogP contribution in [0.5, 0.6) is 0 Å². The number of rotatable bonds is 7. The van der Waals surface area contributed by atoms with Crippen molar-refractivity contribution in [2.45, 2.75) is 17.9 Å². The molecule has 0 radical (unpaired) electrons. The summed E-state index contributed by atoms with van der Waals surface area (Å²) in [6.07, 6.45) is 4.22. The zero-order valence-electron chi connectivity index (χ0n) is 16.9. The van der Waals surface area contributed by atoms with E-state index < -0.39 is 16.1 Å². The van der Waals surface area contributed by atoms with Gasteiger partial charge in [-0.25, -0.2) is 8.42 Å². The van der Waals surface area contributed by atoms with Crippen molar-refractivity contribution < 1.29 is 13.2 Å². The fraction of sp³-hybridized carbons (Fsp3) is 0.318. The number of carbonyl (C=O) groups is 1. The molecule has 30 heavy (non-hydrogen) atoms. The minimum absolute atomic E-state index is 0.139. The van der Waals surface area contributed by atoms with Crippen molar-refractivity contribution in [3.63, 3.8) is 0 Å². The highest BCUT2D eigenvalue weighted by molar-refractivity contribution is 9.10. The molecule has 0 unspecified atom stereocenters. The number of hydrogen-bond donors (Lipinski definition) is 1. The maximum absolute atomic E-state index is 12.7. The van der Waals surface area contributed by atoms with E-state index in [4.69, 9.17) is 0 Å². The molecule has 0 aromatic heterocycles. The predicted octanol–water partition coefficient (Wildman–Crippen LogP) is 2.97. The van der Waals surface area contributed by atoms with Crippen LogP contribution in [0.1, 0.15) is 12.5 Å². The third kappa shape index (κ3) is 6.25. The summed E-state index contributed by atoms with van der Waals surface area (Å²) in [5.41, 5.74) is 1.16. The van der Waals surface area contributed by atoms with Gasteiger partial charge < -0.3 is 4.90 Å². The number of benzene rings is 2. The molecule has 0 saturated carbocycles. The molecule has 1 saturated heterocycles. The van der Waals surface area contributed by atoms with E-state index in [0.29, 0.717) is 13.1 Å². The summed E-state index contributed by atoms with van der Waals surface area (Å²) in [5, 5.41) is 0. The molecular formula is C22H26BrN3O3S. The van der Waals surface area contributed by atoms with E-state index in [2.05, 4.69) is 49.8 Å². The Morgan fingerprint density at radius 3 is 2.33 bits per heavy atom. The Kier molecular flexibility index (Phi) is 7.82. The molecule has 0 aliphatic carbocycles. The number of amides is 1. The van der Waals surface area contributed by atoms with E-state index in [1.165, 1.54) is 12.1 Å². The smallest absolute Gasteiger partial charge is 0.241 e. The van der Waals surface area contributed by atoms with Gasteiger partial charge in [0.05, 0.1) is 10.9 Å². The number of hydrogen-bond acceptors (Lipinski definition) is 4. The van der Waals surface area contributed by atoms with Crippen molar-refractivity contribution in [1.82, 2.24) is 14.5 Å². The Morgan fingerprint density at radius 2 is 1.70 bits per heavy atom. The Morgan fingerprint density at radius 1 is 1.07 bits per heavy atom. The summed E-state index contributed by atoms with van der Waals surface area (Å²) in [5.74, 6) is -0.199. The van der Waals surface area contributed by atoms with Gasteiger partial charge in [0.15, 0.2) is 0 Å². The molecule has 3 rings (SSSR count). The fourth-order valence-corrected chi connectivity index (χ4v) is 4.75. The minimum atomic E-state index is -3.75. The lowest BCUT2D eigenvalue weighted by Gasteiger charge is -2.35. The molecule has 1 heterocycles. The van der Waals surface area contributed by atoms with E-state index >= 15 is 0 Å². The highest BCUT2D eigenvalue weighted by atomic mass is 79.9. The van der Waals surface area contributed by atoms with Gasteiger partial charge in [0.25, 0.3) is 0 Å². The van der Waals surface area contributed by atoms with Crippen molar-refractivity contribution in [1.29, 1.82) is 0 Å². The Hall–Kier alpha value is -2.00. The predicted molar refractivity (Wildman–Crippen MR) is 122 cm³/mol. The SMILES string of the molecule is C[C@H](NS(=O)(=O)c1ccc(Br)cc1)C(=O)N1CCN(C/C=C/c2ccccc2)CC1. The van der Waals surface area contributed by atoms with Crippen LogP contribution in [0.3, 0.4) is 0 Å². The third-order valence-corrected chi connectivity index (χ3v) is 7.07. The summed E-state index contributed by atoms with van der Waals surface area (Å²) in [7, 11) is -3.75. The van der Waals surface area contributed by atoms with Crippen LogP contribution in [0.15, 0.2) is 70.0 Å². The normalized spacial score (nSPS) is 16.7. The number of carbonyl (C=O) groups excluding carboxylic acids is 1. The first-order valence-corrected chi connectivity index (χ1v) is 12.1. The molecule has 0 spiro atoms. The van der Waals surface area contributed by atoms with Crippen LogP contribution in [0.4, 0.5) is 0 Å². The highest BCUT2D eigenvalue weighted by Crippen LogP contribution is 2.15. The minimum Gasteiger partial charge on any atom is -0.339 e. The first-order chi connectivity index (χ1) is 14.3. The molecule has 6 nitrogen and oxygen atoms in total. The Bertz CT molecular complexity index is 970. The molecular weight excluding hydrogens is 466 g/mol. The summed E-state index contributed by atoms with van der Waals surface area (Å²) in [6.45, 7) is 5.11. The standard InChI is InChI=1S/C22H26BrN3O3S/c1-18(24-30(28,29)21-11-9-20(23)10-12-21)22(27)26-16-14-25(15-17-26)13-5-8-19-6-3-2-4-7-19/h2-12,18,24H,13-17H2,1H3/b8-5+/t18-/m0/s1. The average Bonchev–Trinajstić information content (AvgIpc) is 2.74. The molecule has 8 heteroatoms. The maximum atomic E-state index is 12.7. The summed E-state index contributed by atoms with van der Waals surface area (Å²) >= 11 is 3.29. The maximum Gasteiger partial charge on any atom is 0.241 e. The van der Waals surface area contributed by atoms with Crippen molar-refractivity contribution >= 4 is 37.9 Å². The second-order valence-electron chi connectivity index (χ2n) is 7.24. The van der Waals surface area contributed by atoms with E-state index in [1.807, 2.05) is 18.2 Å². The molecule has 160 valence electrons. The van der Waals surface area contributed by atoms with Crippen LogP contribution >= 0.6 is 15.9 Å². The van der Waals surface area contributed by atoms with E-state index in [0.717, 1.165) is 29.7 Å². The van der Waals surface area contributed by atoms with Crippen molar-refractivity contribution in [2.24, 2.45) is 0 Å². The second kappa shape index (κ2) is 10.3. The topological polar surface area (TPSA) is 69.7 Å². The molecule has 1 aliphatic heterocycles. The van der Waals surface area contributed by atoms with E-state index in [1.54, 1.807) is 24.0 Å².